The number of amides is 3. The molecule has 0 spiro atoms. The average Bonchev–Trinajstić information content (AvgIpc) is 2.71. The van der Waals surface area contributed by atoms with Gasteiger partial charge in [0.2, 0.25) is 17.7 Å². The van der Waals surface area contributed by atoms with Gasteiger partial charge in [-0.2, -0.15) is 0 Å². The quantitative estimate of drug-likeness (QED) is 0.151. The molecule has 0 saturated heterocycles. The van der Waals surface area contributed by atoms with E-state index in [1.165, 1.54) is 0 Å². The number of nitrogens with one attached hydrogen (secondary N) is 3. The van der Waals surface area contributed by atoms with Crippen LogP contribution in [0.1, 0.15) is 53.4 Å². The second kappa shape index (κ2) is 14.0. The van der Waals surface area contributed by atoms with Crippen molar-refractivity contribution in [1.29, 1.82) is 0 Å². The van der Waals surface area contributed by atoms with E-state index in [1.54, 1.807) is 20.8 Å². The monoisotopic (exact) mass is 474 g/mol. The molecule has 0 rings (SSSR count). The number of carboxylic acids is 3. The summed E-state index contributed by atoms with van der Waals surface area (Å²) >= 11 is 0. The first kappa shape index (κ1) is 29.8. The van der Waals surface area contributed by atoms with Crippen molar-refractivity contribution in [3.8, 4) is 0 Å². The van der Waals surface area contributed by atoms with Crippen LogP contribution in [0.2, 0.25) is 0 Å². The topological polar surface area (TPSA) is 225 Å². The van der Waals surface area contributed by atoms with Crippen molar-refractivity contribution in [3.05, 3.63) is 0 Å². The van der Waals surface area contributed by atoms with Gasteiger partial charge in [0, 0.05) is 6.42 Å². The number of carbonyl (C=O) groups excluding carboxylic acids is 3. The number of carbonyl (C=O) groups is 6. The van der Waals surface area contributed by atoms with Crippen LogP contribution in [0.25, 0.3) is 0 Å². The number of nitrogens with two attached hydrogens (primary N) is 1. The Morgan fingerprint density at radius 3 is 1.76 bits per heavy atom. The number of hydrogen-bond acceptors (Lipinski definition) is 7. The highest BCUT2D eigenvalue weighted by Crippen LogP contribution is 2.09. The zero-order valence-corrected chi connectivity index (χ0v) is 19.2. The Kier molecular flexibility index (Phi) is 12.7. The van der Waals surface area contributed by atoms with Crippen molar-refractivity contribution in [2.45, 2.75) is 77.5 Å². The van der Waals surface area contributed by atoms with Crippen LogP contribution in [0.3, 0.4) is 0 Å². The van der Waals surface area contributed by atoms with E-state index in [1.807, 2.05) is 6.92 Å². The van der Waals surface area contributed by atoms with Crippen LogP contribution in [-0.4, -0.2) is 75.1 Å². The highest BCUT2D eigenvalue weighted by atomic mass is 16.4. The van der Waals surface area contributed by atoms with Gasteiger partial charge in [-0.05, 0) is 18.3 Å². The number of rotatable bonds is 15. The van der Waals surface area contributed by atoms with E-state index < -0.39 is 78.6 Å². The molecule has 188 valence electrons. The third-order valence-corrected chi connectivity index (χ3v) is 5.08. The van der Waals surface area contributed by atoms with Gasteiger partial charge in [0.15, 0.2) is 0 Å². The first-order valence-electron chi connectivity index (χ1n) is 10.5. The van der Waals surface area contributed by atoms with E-state index in [-0.39, 0.29) is 12.3 Å². The summed E-state index contributed by atoms with van der Waals surface area (Å²) in [5.41, 5.74) is 5.87. The second-order valence-electron chi connectivity index (χ2n) is 8.13. The Bertz CT molecular complexity index is 741. The van der Waals surface area contributed by atoms with Crippen LogP contribution >= 0.6 is 0 Å². The van der Waals surface area contributed by atoms with Crippen molar-refractivity contribution in [1.82, 2.24) is 16.0 Å². The molecule has 0 aliphatic carbocycles. The minimum absolute atomic E-state index is 0.204. The molecular formula is C20H34N4O9. The van der Waals surface area contributed by atoms with Crippen LogP contribution in [0, 0.1) is 11.8 Å². The summed E-state index contributed by atoms with van der Waals surface area (Å²) in [7, 11) is 0. The minimum Gasteiger partial charge on any atom is -0.481 e. The van der Waals surface area contributed by atoms with Gasteiger partial charge in [-0.15, -0.1) is 0 Å². The Morgan fingerprint density at radius 1 is 0.788 bits per heavy atom. The maximum atomic E-state index is 12.8. The van der Waals surface area contributed by atoms with Gasteiger partial charge >= 0.3 is 17.9 Å². The summed E-state index contributed by atoms with van der Waals surface area (Å²) in [5.74, 6) is -7.42. The van der Waals surface area contributed by atoms with Crippen LogP contribution in [0.5, 0.6) is 0 Å². The molecule has 0 radical (unpaired) electrons. The number of carboxylic acid groups (broad SMARTS) is 3. The molecular weight excluding hydrogens is 440 g/mol. The molecule has 13 heteroatoms. The van der Waals surface area contributed by atoms with Gasteiger partial charge in [-0.1, -0.05) is 34.1 Å². The standard InChI is InChI=1S/C20H34N4O9/c1-5-10(4)15(21)18(30)22-11(6-7-13(25)26)17(29)24-16(9(2)3)19(31)23-12(20(32)33)8-14(27)28/h9-12,15-16H,5-8,21H2,1-4H3,(H,22,30)(H,23,31)(H,24,29)(H,25,26)(H,27,28)(H,32,33). The molecule has 33 heavy (non-hydrogen) atoms. The smallest absolute Gasteiger partial charge is 0.326 e. The molecule has 0 aliphatic heterocycles. The average molecular weight is 475 g/mol. The van der Waals surface area contributed by atoms with E-state index in [0.29, 0.717) is 6.42 Å². The Labute approximate surface area is 191 Å². The Balaban J connectivity index is 5.54. The van der Waals surface area contributed by atoms with E-state index >= 15 is 0 Å². The first-order valence-corrected chi connectivity index (χ1v) is 10.5. The fourth-order valence-corrected chi connectivity index (χ4v) is 2.74. The SMILES string of the molecule is CCC(C)C(N)C(=O)NC(CCC(=O)O)C(=O)NC(C(=O)NC(CC(=O)O)C(=O)O)C(C)C. The molecule has 0 saturated carbocycles. The van der Waals surface area contributed by atoms with Crippen LogP contribution in [0.15, 0.2) is 0 Å². The first-order chi connectivity index (χ1) is 15.2. The molecule has 0 heterocycles. The lowest BCUT2D eigenvalue weighted by atomic mass is 9.98. The third-order valence-electron chi connectivity index (χ3n) is 5.08. The molecule has 0 aliphatic rings. The highest BCUT2D eigenvalue weighted by Gasteiger charge is 2.33. The van der Waals surface area contributed by atoms with Crippen molar-refractivity contribution in [2.75, 3.05) is 0 Å². The Hall–Kier alpha value is -3.22. The molecule has 5 unspecified atom stereocenters. The Morgan fingerprint density at radius 2 is 1.33 bits per heavy atom. The summed E-state index contributed by atoms with van der Waals surface area (Å²) in [4.78, 5) is 70.9. The number of hydrogen-bond donors (Lipinski definition) is 7. The molecule has 0 bridgehead atoms. The minimum atomic E-state index is -1.72. The van der Waals surface area contributed by atoms with Crippen molar-refractivity contribution in [3.63, 3.8) is 0 Å². The van der Waals surface area contributed by atoms with E-state index in [4.69, 9.17) is 21.1 Å². The summed E-state index contributed by atoms with van der Waals surface area (Å²) in [6.45, 7) is 6.68. The molecule has 13 nitrogen and oxygen atoms in total. The predicted octanol–water partition coefficient (Wildman–Crippen LogP) is -1.11. The molecule has 0 fully saturated rings. The summed E-state index contributed by atoms with van der Waals surface area (Å²) in [6, 6.07) is -5.25. The predicted molar refractivity (Wildman–Crippen MR) is 115 cm³/mol. The zero-order chi connectivity index (χ0) is 25.9. The zero-order valence-electron chi connectivity index (χ0n) is 19.2. The lowest BCUT2D eigenvalue weighted by Gasteiger charge is -2.27. The highest BCUT2D eigenvalue weighted by molar-refractivity contribution is 5.95. The van der Waals surface area contributed by atoms with Gasteiger partial charge in [-0.25, -0.2) is 4.79 Å². The van der Waals surface area contributed by atoms with E-state index in [2.05, 4.69) is 16.0 Å². The van der Waals surface area contributed by atoms with Gasteiger partial charge in [-0.3, -0.25) is 24.0 Å². The lowest BCUT2D eigenvalue weighted by molar-refractivity contribution is -0.147. The molecule has 8 N–H and O–H groups in total. The maximum Gasteiger partial charge on any atom is 0.326 e. The largest absolute Gasteiger partial charge is 0.481 e. The number of aliphatic carboxylic acids is 3. The maximum absolute atomic E-state index is 12.8. The van der Waals surface area contributed by atoms with Crippen LogP contribution < -0.4 is 21.7 Å². The van der Waals surface area contributed by atoms with Gasteiger partial charge < -0.3 is 37.0 Å². The van der Waals surface area contributed by atoms with Crippen molar-refractivity contribution in [2.24, 2.45) is 17.6 Å². The van der Waals surface area contributed by atoms with Gasteiger partial charge in [0.1, 0.15) is 18.1 Å². The molecule has 5 atom stereocenters. The van der Waals surface area contributed by atoms with E-state index in [9.17, 15) is 28.8 Å². The molecule has 3 amide bonds. The van der Waals surface area contributed by atoms with E-state index in [0.717, 1.165) is 0 Å². The fourth-order valence-electron chi connectivity index (χ4n) is 2.74. The lowest BCUT2D eigenvalue weighted by Crippen LogP contribution is -2.59. The molecule has 0 aromatic heterocycles. The van der Waals surface area contributed by atoms with Crippen molar-refractivity contribution >= 4 is 35.6 Å². The third kappa shape index (κ3) is 10.8. The van der Waals surface area contributed by atoms with Gasteiger partial charge in [0.25, 0.3) is 0 Å². The summed E-state index contributed by atoms with van der Waals surface area (Å²) in [5, 5.41) is 33.8. The van der Waals surface area contributed by atoms with Gasteiger partial charge in [0.05, 0.1) is 12.5 Å². The summed E-state index contributed by atoms with van der Waals surface area (Å²) < 4.78 is 0. The molecule has 0 aromatic rings. The van der Waals surface area contributed by atoms with Crippen LogP contribution in [0.4, 0.5) is 0 Å². The van der Waals surface area contributed by atoms with Crippen molar-refractivity contribution < 1.29 is 44.1 Å². The molecule has 0 aromatic carbocycles. The normalized spacial score (nSPS) is 15.5. The van der Waals surface area contributed by atoms with Crippen LogP contribution in [-0.2, 0) is 28.8 Å². The summed E-state index contributed by atoms with van der Waals surface area (Å²) in [6.07, 6.45) is -1.000. The second-order valence-corrected chi connectivity index (χ2v) is 8.13. The fraction of sp³-hybridized carbons (Fsp3) is 0.700.